The van der Waals surface area contributed by atoms with E-state index in [0.717, 1.165) is 12.3 Å². The number of alkyl carbamates (subject to hydrolysis) is 1. The number of rotatable bonds is 4. The number of aliphatic imine (C=N–C) groups is 1. The smallest absolute Gasteiger partial charge is 0.407 e. The second-order valence-corrected chi connectivity index (χ2v) is 13.3. The van der Waals surface area contributed by atoms with Gasteiger partial charge in [-0.1, -0.05) is 18.2 Å². The molecule has 4 rings (SSSR count). The lowest BCUT2D eigenvalue weighted by Gasteiger charge is -2.36. The minimum absolute atomic E-state index is 0.0411. The highest BCUT2D eigenvalue weighted by Gasteiger charge is 2.54. The van der Waals surface area contributed by atoms with Gasteiger partial charge in [-0.15, -0.1) is 0 Å². The van der Waals surface area contributed by atoms with Crippen molar-refractivity contribution in [3.05, 3.63) is 0 Å². The van der Waals surface area contributed by atoms with Gasteiger partial charge in [0.2, 0.25) is 5.91 Å². The fourth-order valence-electron chi connectivity index (χ4n) is 5.28. The van der Waals surface area contributed by atoms with Crippen molar-refractivity contribution in [3.8, 4) is 0 Å². The molecule has 1 N–H and O–H groups in total. The highest BCUT2D eigenvalue weighted by Crippen LogP contribution is 2.51. The molecule has 2 bridgehead atoms. The van der Waals surface area contributed by atoms with Gasteiger partial charge in [-0.3, -0.25) is 4.79 Å². The second-order valence-electron chi connectivity index (χ2n) is 9.92. The Morgan fingerprint density at radius 3 is 2.60 bits per heavy atom. The van der Waals surface area contributed by atoms with Gasteiger partial charge >= 0.3 is 6.09 Å². The van der Waals surface area contributed by atoms with Crippen LogP contribution in [-0.2, 0) is 19.4 Å². The van der Waals surface area contributed by atoms with E-state index in [1.165, 1.54) is 31.0 Å². The van der Waals surface area contributed by atoms with E-state index in [4.69, 9.17) is 4.74 Å². The van der Waals surface area contributed by atoms with Gasteiger partial charge in [0.05, 0.1) is 17.5 Å². The summed E-state index contributed by atoms with van der Waals surface area (Å²) in [6.45, 7) is 5.50. The number of carbonyl (C=O) groups is 2. The molecule has 5 atom stereocenters. The summed E-state index contributed by atoms with van der Waals surface area (Å²) in [7, 11) is -3.04. The molecule has 8 nitrogen and oxygen atoms in total. The molecule has 0 aromatic heterocycles. The number of amides is 2. The molecule has 2 saturated heterocycles. The van der Waals surface area contributed by atoms with E-state index in [1.54, 1.807) is 20.8 Å². The van der Waals surface area contributed by atoms with Gasteiger partial charge in [-0.2, -0.15) is 4.99 Å². The number of sulfone groups is 1. The summed E-state index contributed by atoms with van der Waals surface area (Å²) in [4.78, 5) is 30.8. The number of nitrogens with one attached hydrogen (secondary N) is 1. The van der Waals surface area contributed by atoms with Crippen molar-refractivity contribution in [1.29, 1.82) is 0 Å². The number of hydrogen-bond acceptors (Lipinski definition) is 6. The number of fused-ring (bicyclic) bond motifs is 3. The third-order valence-electron chi connectivity index (χ3n) is 6.39. The largest absolute Gasteiger partial charge is 0.444 e. The first-order chi connectivity index (χ1) is 14.0. The fourth-order valence-corrected chi connectivity index (χ4v) is 9.27. The molecule has 4 fully saturated rings. The standard InChI is InChI=1S/C20H31N3O5S2/c1-20(2,3)28-19(25)21-7-6-17(24)22-18-23(14-9-12-4-5-13(14)8-12)15-10-30(26,27)11-16(15)29-18/h12-16H,4-11H2,1-3H3,(H,21,25)/t12-,13-,14+,15+,16+/m0/s1. The van der Waals surface area contributed by atoms with Crippen LogP contribution in [-0.4, -0.2) is 71.5 Å². The summed E-state index contributed by atoms with van der Waals surface area (Å²) in [6, 6.07) is 0.224. The van der Waals surface area contributed by atoms with Crippen molar-refractivity contribution in [3.63, 3.8) is 0 Å². The van der Waals surface area contributed by atoms with Gasteiger partial charge in [-0.05, 0) is 51.9 Å². The molecule has 0 aromatic rings. The Kier molecular flexibility index (Phi) is 5.85. The molecule has 4 aliphatic rings. The van der Waals surface area contributed by atoms with Crippen LogP contribution in [0.25, 0.3) is 0 Å². The first-order valence-corrected chi connectivity index (χ1v) is 13.4. The maximum atomic E-state index is 12.5. The quantitative estimate of drug-likeness (QED) is 0.690. The molecule has 30 heavy (non-hydrogen) atoms. The van der Waals surface area contributed by atoms with Gasteiger partial charge in [0.15, 0.2) is 15.0 Å². The molecule has 2 aliphatic carbocycles. The topological polar surface area (TPSA) is 105 Å². The molecule has 0 spiro atoms. The maximum absolute atomic E-state index is 12.5. The molecule has 0 unspecified atom stereocenters. The summed E-state index contributed by atoms with van der Waals surface area (Å²) in [6.07, 6.45) is 4.25. The number of thioether (sulfide) groups is 1. The molecule has 0 radical (unpaired) electrons. The number of ether oxygens (including phenoxy) is 1. The molecule has 2 amide bonds. The molecule has 2 heterocycles. The highest BCUT2D eigenvalue weighted by molar-refractivity contribution is 8.15. The van der Waals surface area contributed by atoms with Crippen LogP contribution in [0.4, 0.5) is 4.79 Å². The minimum Gasteiger partial charge on any atom is -0.444 e. The SMILES string of the molecule is CC(C)(C)OC(=O)NCCC(=O)N=C1S[C@@H]2CS(=O)(=O)C[C@H]2N1[C@@H]1C[C@H]2CC[C@H]1C2. The molecule has 2 aliphatic heterocycles. The van der Waals surface area contributed by atoms with Crippen molar-refractivity contribution < 1.29 is 22.7 Å². The number of hydrogen-bond donors (Lipinski definition) is 1. The molecular formula is C20H31N3O5S2. The predicted molar refractivity (Wildman–Crippen MR) is 116 cm³/mol. The van der Waals surface area contributed by atoms with E-state index < -0.39 is 21.5 Å². The third-order valence-corrected chi connectivity index (χ3v) is 9.62. The summed E-state index contributed by atoms with van der Waals surface area (Å²) in [5, 5.41) is 3.22. The lowest BCUT2D eigenvalue weighted by atomic mass is 9.93. The predicted octanol–water partition coefficient (Wildman–Crippen LogP) is 2.19. The Labute approximate surface area is 182 Å². The zero-order chi connectivity index (χ0) is 21.7. The van der Waals surface area contributed by atoms with E-state index in [-0.39, 0.29) is 41.7 Å². The molecular weight excluding hydrogens is 426 g/mol. The lowest BCUT2D eigenvalue weighted by Crippen LogP contribution is -2.47. The van der Waals surface area contributed by atoms with Crippen LogP contribution in [0.1, 0.15) is 52.9 Å². The van der Waals surface area contributed by atoms with Gasteiger partial charge in [0.25, 0.3) is 0 Å². The summed E-state index contributed by atoms with van der Waals surface area (Å²) in [5.41, 5.74) is -0.589. The fraction of sp³-hybridized carbons (Fsp3) is 0.850. The number of amidine groups is 1. The van der Waals surface area contributed by atoms with Gasteiger partial charge < -0.3 is 15.0 Å². The second kappa shape index (κ2) is 8.00. The van der Waals surface area contributed by atoms with Gasteiger partial charge in [0.1, 0.15) is 5.60 Å². The van der Waals surface area contributed by atoms with Crippen LogP contribution in [0.5, 0.6) is 0 Å². The summed E-state index contributed by atoms with van der Waals surface area (Å²) in [5.74, 6) is 1.31. The van der Waals surface area contributed by atoms with E-state index >= 15 is 0 Å². The molecule has 168 valence electrons. The van der Waals surface area contributed by atoms with Crippen LogP contribution >= 0.6 is 11.8 Å². The average Bonchev–Trinajstić information content (AvgIpc) is 3.32. The van der Waals surface area contributed by atoms with Crippen LogP contribution in [0.2, 0.25) is 0 Å². The maximum Gasteiger partial charge on any atom is 0.407 e. The minimum atomic E-state index is -3.04. The Balaban J connectivity index is 1.41. The lowest BCUT2D eigenvalue weighted by molar-refractivity contribution is -0.117. The average molecular weight is 458 g/mol. The van der Waals surface area contributed by atoms with Crippen LogP contribution < -0.4 is 5.32 Å². The Morgan fingerprint density at radius 2 is 1.97 bits per heavy atom. The Hall–Kier alpha value is -1.29. The summed E-state index contributed by atoms with van der Waals surface area (Å²) < 4.78 is 29.6. The molecule has 0 aromatic carbocycles. The van der Waals surface area contributed by atoms with Crippen LogP contribution in [0.15, 0.2) is 4.99 Å². The molecule has 2 saturated carbocycles. The van der Waals surface area contributed by atoms with Crippen molar-refractivity contribution in [2.45, 2.75) is 75.8 Å². The first kappa shape index (κ1) is 21.9. The Bertz CT molecular complexity index is 851. The third kappa shape index (κ3) is 4.79. The highest BCUT2D eigenvalue weighted by atomic mass is 32.2. The first-order valence-electron chi connectivity index (χ1n) is 10.7. The zero-order valence-corrected chi connectivity index (χ0v) is 19.4. The van der Waals surface area contributed by atoms with Crippen molar-refractivity contribution >= 4 is 38.8 Å². The number of carbonyl (C=O) groups excluding carboxylic acids is 2. The van der Waals surface area contributed by atoms with Crippen LogP contribution in [0, 0.1) is 11.8 Å². The number of nitrogens with zero attached hydrogens (tertiary/aromatic N) is 2. The Morgan fingerprint density at radius 1 is 1.20 bits per heavy atom. The van der Waals surface area contributed by atoms with E-state index in [0.29, 0.717) is 17.1 Å². The van der Waals surface area contributed by atoms with Gasteiger partial charge in [-0.25, -0.2) is 13.2 Å². The van der Waals surface area contributed by atoms with Crippen molar-refractivity contribution in [1.82, 2.24) is 10.2 Å². The zero-order valence-electron chi connectivity index (χ0n) is 17.8. The van der Waals surface area contributed by atoms with Crippen molar-refractivity contribution in [2.75, 3.05) is 18.1 Å². The van der Waals surface area contributed by atoms with E-state index in [2.05, 4.69) is 15.2 Å². The normalized spacial score (nSPS) is 35.6. The van der Waals surface area contributed by atoms with E-state index in [1.807, 2.05) is 0 Å². The van der Waals surface area contributed by atoms with Crippen molar-refractivity contribution in [2.24, 2.45) is 16.8 Å². The summed E-state index contributed by atoms with van der Waals surface area (Å²) >= 11 is 1.45. The monoisotopic (exact) mass is 457 g/mol. The van der Waals surface area contributed by atoms with Gasteiger partial charge in [0, 0.05) is 24.3 Å². The molecule has 10 heteroatoms. The van der Waals surface area contributed by atoms with E-state index in [9.17, 15) is 18.0 Å². The van der Waals surface area contributed by atoms with Crippen LogP contribution in [0.3, 0.4) is 0 Å².